The molecule has 0 aromatic carbocycles. The second-order valence-corrected chi connectivity index (χ2v) is 5.41. The van der Waals surface area contributed by atoms with Crippen molar-refractivity contribution in [2.75, 3.05) is 6.54 Å². The molecule has 0 aliphatic carbocycles. The predicted octanol–water partition coefficient (Wildman–Crippen LogP) is 0.714. The molecule has 1 aliphatic rings. The number of nitrogens with one attached hydrogen (secondary N) is 3. The second-order valence-electron chi connectivity index (χ2n) is 5.41. The van der Waals surface area contributed by atoms with Gasteiger partial charge in [0, 0.05) is 17.7 Å². The Balaban J connectivity index is 2.46. The zero-order valence-electron chi connectivity index (χ0n) is 12.2. The maximum absolute atomic E-state index is 11.9. The Morgan fingerprint density at radius 2 is 1.95 bits per heavy atom. The SMILES string of the molecule is C/C(=C/[C@@H]1CCCN1)C(=O)N[C@@H](C)C(=O)NC(C)C. The van der Waals surface area contributed by atoms with Crippen molar-refractivity contribution in [2.24, 2.45) is 0 Å². The van der Waals surface area contributed by atoms with Crippen LogP contribution in [0.2, 0.25) is 0 Å². The van der Waals surface area contributed by atoms with E-state index < -0.39 is 6.04 Å². The van der Waals surface area contributed by atoms with Crippen molar-refractivity contribution in [1.29, 1.82) is 0 Å². The lowest BCUT2D eigenvalue weighted by Gasteiger charge is -2.16. The third-order valence-corrected chi connectivity index (χ3v) is 3.08. The van der Waals surface area contributed by atoms with E-state index in [2.05, 4.69) is 16.0 Å². The Labute approximate surface area is 115 Å². The maximum atomic E-state index is 11.9. The van der Waals surface area contributed by atoms with E-state index in [0.29, 0.717) is 5.57 Å². The molecule has 0 bridgehead atoms. The smallest absolute Gasteiger partial charge is 0.247 e. The van der Waals surface area contributed by atoms with E-state index in [1.807, 2.05) is 19.9 Å². The molecule has 2 atom stereocenters. The van der Waals surface area contributed by atoms with Gasteiger partial charge >= 0.3 is 0 Å². The van der Waals surface area contributed by atoms with Crippen LogP contribution < -0.4 is 16.0 Å². The van der Waals surface area contributed by atoms with Gasteiger partial charge in [0.15, 0.2) is 0 Å². The van der Waals surface area contributed by atoms with Gasteiger partial charge in [-0.2, -0.15) is 0 Å². The molecule has 0 aromatic rings. The monoisotopic (exact) mass is 267 g/mol. The van der Waals surface area contributed by atoms with Crippen LogP contribution in [0.1, 0.15) is 40.5 Å². The molecule has 1 heterocycles. The average molecular weight is 267 g/mol. The maximum Gasteiger partial charge on any atom is 0.247 e. The van der Waals surface area contributed by atoms with Gasteiger partial charge in [0.1, 0.15) is 6.04 Å². The van der Waals surface area contributed by atoms with Crippen LogP contribution in [0.15, 0.2) is 11.6 Å². The molecule has 3 N–H and O–H groups in total. The predicted molar refractivity (Wildman–Crippen MR) is 75.7 cm³/mol. The summed E-state index contributed by atoms with van der Waals surface area (Å²) in [5.41, 5.74) is 0.656. The molecular formula is C14H25N3O2. The minimum absolute atomic E-state index is 0.0752. The van der Waals surface area contributed by atoms with Crippen LogP contribution in [0.5, 0.6) is 0 Å². The highest BCUT2D eigenvalue weighted by molar-refractivity contribution is 5.96. The number of carbonyl (C=O) groups is 2. The quantitative estimate of drug-likeness (QED) is 0.643. The van der Waals surface area contributed by atoms with Crippen molar-refractivity contribution in [2.45, 2.75) is 58.7 Å². The Bertz CT molecular complexity index is 358. The lowest BCUT2D eigenvalue weighted by molar-refractivity contribution is -0.127. The molecule has 1 saturated heterocycles. The number of hydrogen-bond donors (Lipinski definition) is 3. The Morgan fingerprint density at radius 1 is 1.26 bits per heavy atom. The van der Waals surface area contributed by atoms with Crippen LogP contribution in [0.3, 0.4) is 0 Å². The van der Waals surface area contributed by atoms with Crippen molar-refractivity contribution in [3.8, 4) is 0 Å². The molecule has 1 rings (SSSR count). The van der Waals surface area contributed by atoms with Crippen LogP contribution in [-0.4, -0.2) is 36.5 Å². The average Bonchev–Trinajstić information content (AvgIpc) is 2.80. The van der Waals surface area contributed by atoms with Crippen LogP contribution in [0.4, 0.5) is 0 Å². The van der Waals surface area contributed by atoms with E-state index in [0.717, 1.165) is 19.4 Å². The number of carbonyl (C=O) groups excluding carboxylic acids is 2. The molecule has 5 heteroatoms. The highest BCUT2D eigenvalue weighted by atomic mass is 16.2. The van der Waals surface area contributed by atoms with Gasteiger partial charge < -0.3 is 16.0 Å². The molecule has 0 spiro atoms. The van der Waals surface area contributed by atoms with Crippen molar-refractivity contribution < 1.29 is 9.59 Å². The summed E-state index contributed by atoms with van der Waals surface area (Å²) in [4.78, 5) is 23.6. The van der Waals surface area contributed by atoms with Gasteiger partial charge in [0.2, 0.25) is 11.8 Å². The Kier molecular flexibility index (Phi) is 6.02. The molecule has 19 heavy (non-hydrogen) atoms. The fourth-order valence-electron chi connectivity index (χ4n) is 2.02. The van der Waals surface area contributed by atoms with Gasteiger partial charge in [-0.05, 0) is 47.1 Å². The first kappa shape index (κ1) is 15.7. The molecule has 0 radical (unpaired) electrons. The molecule has 1 fully saturated rings. The lowest BCUT2D eigenvalue weighted by atomic mass is 10.1. The number of amides is 2. The summed E-state index contributed by atoms with van der Waals surface area (Å²) < 4.78 is 0. The topological polar surface area (TPSA) is 70.2 Å². The molecule has 1 aliphatic heterocycles. The van der Waals surface area contributed by atoms with Crippen LogP contribution in [0.25, 0.3) is 0 Å². The van der Waals surface area contributed by atoms with Crippen molar-refractivity contribution in [3.05, 3.63) is 11.6 Å². The molecular weight excluding hydrogens is 242 g/mol. The fraction of sp³-hybridized carbons (Fsp3) is 0.714. The van der Waals surface area contributed by atoms with E-state index >= 15 is 0 Å². The summed E-state index contributed by atoms with van der Waals surface area (Å²) in [6, 6.07) is -0.161. The minimum Gasteiger partial charge on any atom is -0.352 e. The molecule has 0 saturated carbocycles. The molecule has 2 amide bonds. The summed E-state index contributed by atoms with van der Waals surface area (Å²) in [5.74, 6) is -0.338. The first-order valence-electron chi connectivity index (χ1n) is 6.93. The highest BCUT2D eigenvalue weighted by Crippen LogP contribution is 2.08. The third kappa shape index (κ3) is 5.42. The van der Waals surface area contributed by atoms with Crippen molar-refractivity contribution in [1.82, 2.24) is 16.0 Å². The normalized spacial score (nSPS) is 21.3. The fourth-order valence-corrected chi connectivity index (χ4v) is 2.02. The van der Waals surface area contributed by atoms with Gasteiger partial charge in [-0.25, -0.2) is 0 Å². The highest BCUT2D eigenvalue weighted by Gasteiger charge is 2.18. The van der Waals surface area contributed by atoms with Crippen LogP contribution in [0, 0.1) is 0 Å². The third-order valence-electron chi connectivity index (χ3n) is 3.08. The summed E-state index contributed by atoms with van der Waals surface area (Å²) >= 11 is 0. The Hall–Kier alpha value is -1.36. The van der Waals surface area contributed by atoms with Gasteiger partial charge in [0.25, 0.3) is 0 Å². The second kappa shape index (κ2) is 7.28. The summed E-state index contributed by atoms with van der Waals surface area (Å²) in [6.07, 6.45) is 4.15. The zero-order chi connectivity index (χ0) is 14.4. The van der Waals surface area contributed by atoms with E-state index in [4.69, 9.17) is 0 Å². The van der Waals surface area contributed by atoms with Crippen molar-refractivity contribution >= 4 is 11.8 Å². The van der Waals surface area contributed by atoms with Gasteiger partial charge in [-0.15, -0.1) is 0 Å². The van der Waals surface area contributed by atoms with Crippen LogP contribution >= 0.6 is 0 Å². The minimum atomic E-state index is -0.519. The van der Waals surface area contributed by atoms with E-state index in [1.165, 1.54) is 0 Å². The molecule has 0 aromatic heterocycles. The van der Waals surface area contributed by atoms with Gasteiger partial charge in [-0.3, -0.25) is 9.59 Å². The van der Waals surface area contributed by atoms with Crippen molar-refractivity contribution in [3.63, 3.8) is 0 Å². The van der Waals surface area contributed by atoms with E-state index in [9.17, 15) is 9.59 Å². The number of hydrogen-bond acceptors (Lipinski definition) is 3. The molecule has 0 unspecified atom stereocenters. The molecule has 108 valence electrons. The standard InChI is InChI=1S/C14H25N3O2/c1-9(2)16-14(19)11(4)17-13(18)10(3)8-12-6-5-7-15-12/h8-9,11-12,15H,5-7H2,1-4H3,(H,16,19)(H,17,18)/b10-8-/t11-,12-/m0/s1. The largest absolute Gasteiger partial charge is 0.352 e. The van der Waals surface area contributed by atoms with Crippen LogP contribution in [-0.2, 0) is 9.59 Å². The lowest BCUT2D eigenvalue weighted by Crippen LogP contribution is -2.47. The Morgan fingerprint density at radius 3 is 2.47 bits per heavy atom. The number of rotatable bonds is 5. The first-order chi connectivity index (χ1) is 8.90. The van der Waals surface area contributed by atoms with Gasteiger partial charge in [0.05, 0.1) is 0 Å². The first-order valence-corrected chi connectivity index (χ1v) is 6.93. The summed E-state index contributed by atoms with van der Waals surface area (Å²) in [7, 11) is 0. The van der Waals surface area contributed by atoms with E-state index in [-0.39, 0.29) is 23.9 Å². The molecule has 5 nitrogen and oxygen atoms in total. The summed E-state index contributed by atoms with van der Waals surface area (Å²) in [5, 5.41) is 8.80. The van der Waals surface area contributed by atoms with Gasteiger partial charge in [-0.1, -0.05) is 6.08 Å². The van der Waals surface area contributed by atoms with E-state index in [1.54, 1.807) is 13.8 Å². The zero-order valence-corrected chi connectivity index (χ0v) is 12.2. The summed E-state index contributed by atoms with van der Waals surface area (Å²) in [6.45, 7) is 8.26.